The first-order valence-electron chi connectivity index (χ1n) is 8.60. The van der Waals surface area contributed by atoms with Gasteiger partial charge in [0, 0.05) is 24.7 Å². The first-order valence-corrected chi connectivity index (χ1v) is 10.0. The molecule has 2 aromatic rings. The van der Waals surface area contributed by atoms with Gasteiger partial charge in [0.1, 0.15) is 16.5 Å². The molecule has 8 heteroatoms. The third-order valence-corrected chi connectivity index (χ3v) is 6.57. The summed E-state index contributed by atoms with van der Waals surface area (Å²) < 4.78 is 53.5. The Morgan fingerprint density at radius 2 is 1.70 bits per heavy atom. The van der Waals surface area contributed by atoms with Crippen molar-refractivity contribution in [2.75, 3.05) is 18.4 Å². The Labute approximate surface area is 157 Å². The van der Waals surface area contributed by atoms with Crippen LogP contribution in [0.1, 0.15) is 18.4 Å². The highest BCUT2D eigenvalue weighted by atomic mass is 32.2. The molecule has 1 fully saturated rings. The summed E-state index contributed by atoms with van der Waals surface area (Å²) in [4.78, 5) is 11.7. The Balaban J connectivity index is 1.65. The van der Waals surface area contributed by atoms with Crippen molar-refractivity contribution in [2.24, 2.45) is 5.92 Å². The molecule has 2 aromatic carbocycles. The summed E-state index contributed by atoms with van der Waals surface area (Å²) in [5.41, 5.74) is 1.76. The molecule has 1 heterocycles. The molecule has 1 aliphatic rings. The lowest BCUT2D eigenvalue weighted by Gasteiger charge is -2.30. The third kappa shape index (κ3) is 4.33. The number of hydrogen-bond donors (Lipinski definition) is 1. The highest BCUT2D eigenvalue weighted by Crippen LogP contribution is 2.26. The van der Waals surface area contributed by atoms with Gasteiger partial charge in [0.15, 0.2) is 0 Å². The normalized spacial score (nSPS) is 16.3. The summed E-state index contributed by atoms with van der Waals surface area (Å²) in [6.45, 7) is 2.09. The summed E-state index contributed by atoms with van der Waals surface area (Å²) in [5.74, 6) is -2.32. The van der Waals surface area contributed by atoms with Crippen LogP contribution >= 0.6 is 0 Å². The highest BCUT2D eigenvalue weighted by molar-refractivity contribution is 7.89. The van der Waals surface area contributed by atoms with E-state index in [1.54, 1.807) is 12.1 Å². The fraction of sp³-hybridized carbons (Fsp3) is 0.316. The van der Waals surface area contributed by atoms with Gasteiger partial charge in [0.25, 0.3) is 0 Å². The molecule has 0 saturated carbocycles. The topological polar surface area (TPSA) is 66.5 Å². The number of aryl methyl sites for hydroxylation is 1. The van der Waals surface area contributed by atoms with Crippen LogP contribution in [0.3, 0.4) is 0 Å². The molecule has 0 radical (unpaired) electrons. The Kier molecular flexibility index (Phi) is 5.57. The van der Waals surface area contributed by atoms with E-state index >= 15 is 0 Å². The number of carbonyl (C=O) groups excluding carboxylic acids is 1. The lowest BCUT2D eigenvalue weighted by molar-refractivity contribution is -0.120. The van der Waals surface area contributed by atoms with E-state index in [2.05, 4.69) is 5.32 Å². The second kappa shape index (κ2) is 7.74. The van der Waals surface area contributed by atoms with E-state index in [4.69, 9.17) is 0 Å². The van der Waals surface area contributed by atoms with Crippen LogP contribution in [0.2, 0.25) is 0 Å². The van der Waals surface area contributed by atoms with Gasteiger partial charge in [0.05, 0.1) is 0 Å². The van der Waals surface area contributed by atoms with Crippen molar-refractivity contribution in [3.63, 3.8) is 0 Å². The number of carbonyl (C=O) groups is 1. The van der Waals surface area contributed by atoms with Gasteiger partial charge in [-0.1, -0.05) is 17.7 Å². The maximum absolute atomic E-state index is 13.9. The van der Waals surface area contributed by atoms with Crippen molar-refractivity contribution in [3.05, 3.63) is 59.7 Å². The molecule has 0 aromatic heterocycles. The molecule has 144 valence electrons. The summed E-state index contributed by atoms with van der Waals surface area (Å²) in [5, 5.41) is 2.82. The Hall–Kier alpha value is -2.32. The van der Waals surface area contributed by atoms with Crippen LogP contribution in [0, 0.1) is 24.5 Å². The minimum Gasteiger partial charge on any atom is -0.326 e. The van der Waals surface area contributed by atoms with E-state index in [0.717, 1.165) is 22.0 Å². The van der Waals surface area contributed by atoms with Gasteiger partial charge in [-0.05, 0) is 50.1 Å². The average molecular weight is 394 g/mol. The van der Waals surface area contributed by atoms with Crippen molar-refractivity contribution in [1.82, 2.24) is 4.31 Å². The first kappa shape index (κ1) is 19.4. The van der Waals surface area contributed by atoms with Crippen molar-refractivity contribution < 1.29 is 22.0 Å². The average Bonchev–Trinajstić information content (AvgIpc) is 2.65. The molecule has 0 atom stereocenters. The zero-order chi connectivity index (χ0) is 19.6. The van der Waals surface area contributed by atoms with Crippen LogP contribution in [0.15, 0.2) is 47.4 Å². The zero-order valence-electron chi connectivity index (χ0n) is 14.8. The summed E-state index contributed by atoms with van der Waals surface area (Å²) in [6.07, 6.45) is 0.627. The number of anilines is 1. The van der Waals surface area contributed by atoms with Gasteiger partial charge in [-0.2, -0.15) is 4.31 Å². The van der Waals surface area contributed by atoms with Gasteiger partial charge in [0.2, 0.25) is 15.9 Å². The molecular formula is C19H20F2N2O3S. The van der Waals surface area contributed by atoms with Crippen LogP contribution in [-0.4, -0.2) is 31.7 Å². The van der Waals surface area contributed by atoms with Crippen molar-refractivity contribution >= 4 is 21.6 Å². The number of nitrogens with one attached hydrogen (secondary N) is 1. The van der Waals surface area contributed by atoms with Gasteiger partial charge < -0.3 is 5.32 Å². The Morgan fingerprint density at radius 1 is 1.07 bits per heavy atom. The quantitative estimate of drug-likeness (QED) is 0.865. The summed E-state index contributed by atoms with van der Waals surface area (Å²) in [6, 6.07) is 9.73. The highest BCUT2D eigenvalue weighted by Gasteiger charge is 2.33. The molecular weight excluding hydrogens is 374 g/mol. The molecule has 3 rings (SSSR count). The van der Waals surface area contributed by atoms with Crippen LogP contribution in [0.5, 0.6) is 0 Å². The third-order valence-electron chi connectivity index (χ3n) is 4.65. The molecule has 1 amide bonds. The van der Waals surface area contributed by atoms with E-state index in [1.807, 2.05) is 19.1 Å². The number of hydrogen-bond acceptors (Lipinski definition) is 3. The van der Waals surface area contributed by atoms with Crippen LogP contribution in [0.4, 0.5) is 14.5 Å². The number of benzene rings is 2. The standard InChI is InChI=1S/C19H20F2N2O3S/c1-13-2-5-16(6-3-13)22-19(24)14-8-10-23(11-9-14)27(25,26)18-12-15(20)4-7-17(18)21/h2-7,12,14H,8-11H2,1H3,(H,22,24). The number of piperidine rings is 1. The molecule has 1 N–H and O–H groups in total. The SMILES string of the molecule is Cc1ccc(NC(=O)C2CCN(S(=O)(=O)c3cc(F)ccc3F)CC2)cc1. The number of amides is 1. The van der Waals surface area contributed by atoms with Gasteiger partial charge >= 0.3 is 0 Å². The maximum atomic E-state index is 13.9. The molecule has 0 spiro atoms. The van der Waals surface area contributed by atoms with Crippen LogP contribution in [0.25, 0.3) is 0 Å². The molecule has 1 aliphatic heterocycles. The van der Waals surface area contributed by atoms with E-state index in [-0.39, 0.29) is 24.9 Å². The molecule has 0 unspecified atom stereocenters. The predicted octanol–water partition coefficient (Wildman–Crippen LogP) is 3.31. The van der Waals surface area contributed by atoms with E-state index in [9.17, 15) is 22.0 Å². The fourth-order valence-electron chi connectivity index (χ4n) is 3.05. The lowest BCUT2D eigenvalue weighted by atomic mass is 9.97. The monoisotopic (exact) mass is 394 g/mol. The second-order valence-electron chi connectivity index (χ2n) is 6.61. The van der Waals surface area contributed by atoms with E-state index in [1.165, 1.54) is 0 Å². The lowest BCUT2D eigenvalue weighted by Crippen LogP contribution is -2.41. The fourth-order valence-corrected chi connectivity index (χ4v) is 4.60. The minimum atomic E-state index is -4.14. The molecule has 0 bridgehead atoms. The van der Waals surface area contributed by atoms with Crippen molar-refractivity contribution in [1.29, 1.82) is 0 Å². The van der Waals surface area contributed by atoms with Crippen molar-refractivity contribution in [2.45, 2.75) is 24.7 Å². The number of rotatable bonds is 4. The zero-order valence-corrected chi connectivity index (χ0v) is 15.6. The molecule has 0 aliphatic carbocycles. The summed E-state index contributed by atoms with van der Waals surface area (Å²) in [7, 11) is -4.14. The summed E-state index contributed by atoms with van der Waals surface area (Å²) >= 11 is 0. The predicted molar refractivity (Wildman–Crippen MR) is 97.6 cm³/mol. The Morgan fingerprint density at radius 3 is 2.33 bits per heavy atom. The maximum Gasteiger partial charge on any atom is 0.246 e. The smallest absolute Gasteiger partial charge is 0.246 e. The van der Waals surface area contributed by atoms with Crippen LogP contribution < -0.4 is 5.32 Å². The number of nitrogens with zero attached hydrogens (tertiary/aromatic N) is 1. The van der Waals surface area contributed by atoms with Gasteiger partial charge in [-0.15, -0.1) is 0 Å². The number of halogens is 2. The van der Waals surface area contributed by atoms with E-state index < -0.39 is 26.6 Å². The molecule has 27 heavy (non-hydrogen) atoms. The number of sulfonamides is 1. The minimum absolute atomic E-state index is 0.0737. The molecule has 5 nitrogen and oxygen atoms in total. The van der Waals surface area contributed by atoms with Crippen LogP contribution in [-0.2, 0) is 14.8 Å². The van der Waals surface area contributed by atoms with Gasteiger partial charge in [-0.25, -0.2) is 17.2 Å². The second-order valence-corrected chi connectivity index (χ2v) is 8.51. The Bertz CT molecular complexity index is 938. The van der Waals surface area contributed by atoms with Gasteiger partial charge in [-0.3, -0.25) is 4.79 Å². The largest absolute Gasteiger partial charge is 0.326 e. The van der Waals surface area contributed by atoms with Crippen molar-refractivity contribution in [3.8, 4) is 0 Å². The van der Waals surface area contributed by atoms with E-state index in [0.29, 0.717) is 24.6 Å². The molecule has 1 saturated heterocycles. The first-order chi connectivity index (χ1) is 12.8.